The van der Waals surface area contributed by atoms with Crippen LogP contribution in [0.3, 0.4) is 0 Å². The van der Waals surface area contributed by atoms with Crippen molar-refractivity contribution < 1.29 is 21.6 Å². The number of carbonyl (C=O) groups is 1. The van der Waals surface area contributed by atoms with Crippen LogP contribution in [0.4, 0.5) is 5.69 Å². The number of rotatable bonds is 7. The fourth-order valence-corrected chi connectivity index (χ4v) is 6.54. The van der Waals surface area contributed by atoms with Crippen LogP contribution in [0.2, 0.25) is 5.02 Å². The Morgan fingerprint density at radius 2 is 1.41 bits per heavy atom. The molecule has 0 spiro atoms. The first-order chi connectivity index (χ1) is 17.4. The maximum absolute atomic E-state index is 13.1. The topological polar surface area (TPSA) is 95.1 Å². The van der Waals surface area contributed by atoms with E-state index in [1.807, 2.05) is 6.92 Å². The minimum absolute atomic E-state index is 0.126. The molecule has 3 aromatic carbocycles. The molecule has 11 heteroatoms. The minimum Gasteiger partial charge on any atom is -0.336 e. The van der Waals surface area contributed by atoms with Crippen molar-refractivity contribution in [1.82, 2.24) is 9.21 Å². The van der Waals surface area contributed by atoms with Crippen LogP contribution in [-0.4, -0.2) is 64.4 Å². The summed E-state index contributed by atoms with van der Waals surface area (Å²) in [4.78, 5) is 14.9. The molecule has 0 radical (unpaired) electrons. The lowest BCUT2D eigenvalue weighted by Gasteiger charge is -2.34. The Bertz CT molecular complexity index is 1470. The molecular weight excluding hydrogens is 534 g/mol. The molecule has 0 atom stereocenters. The molecule has 4 rings (SSSR count). The summed E-state index contributed by atoms with van der Waals surface area (Å²) < 4.78 is 53.5. The van der Waals surface area contributed by atoms with E-state index in [4.69, 9.17) is 11.6 Å². The third-order valence-electron chi connectivity index (χ3n) is 6.23. The SMILES string of the molecule is Cc1ccc(S(=O)(=O)N2CCN(C(=O)c3ccc(N(Cc4ccc(Cl)cc4)S(C)(=O)=O)cc3)CC2)cc1. The first kappa shape index (κ1) is 27.1. The van der Waals surface area contributed by atoms with Crippen molar-refractivity contribution in [2.24, 2.45) is 0 Å². The number of benzene rings is 3. The predicted molar refractivity (Wildman–Crippen MR) is 145 cm³/mol. The monoisotopic (exact) mass is 561 g/mol. The van der Waals surface area contributed by atoms with Gasteiger partial charge in [-0.05, 0) is 61.0 Å². The number of hydrogen-bond acceptors (Lipinski definition) is 5. The number of piperazine rings is 1. The molecule has 1 saturated heterocycles. The van der Waals surface area contributed by atoms with Gasteiger partial charge in [0.05, 0.1) is 23.4 Å². The predicted octanol–water partition coefficient (Wildman–Crippen LogP) is 3.76. The summed E-state index contributed by atoms with van der Waals surface area (Å²) in [5.74, 6) is -0.234. The summed E-state index contributed by atoms with van der Waals surface area (Å²) in [6.45, 7) is 2.94. The average Bonchev–Trinajstić information content (AvgIpc) is 2.88. The molecule has 0 bridgehead atoms. The first-order valence-corrected chi connectivity index (χ1v) is 15.3. The van der Waals surface area contributed by atoms with Crippen molar-refractivity contribution in [1.29, 1.82) is 0 Å². The number of aryl methyl sites for hydroxylation is 1. The third-order valence-corrected chi connectivity index (χ3v) is 9.53. The normalized spacial score (nSPS) is 14.9. The Balaban J connectivity index is 1.43. The van der Waals surface area contributed by atoms with E-state index in [-0.39, 0.29) is 43.5 Å². The van der Waals surface area contributed by atoms with E-state index in [2.05, 4.69) is 0 Å². The highest BCUT2D eigenvalue weighted by molar-refractivity contribution is 7.92. The van der Waals surface area contributed by atoms with Crippen molar-refractivity contribution in [3.63, 3.8) is 0 Å². The number of sulfonamides is 2. The maximum Gasteiger partial charge on any atom is 0.253 e. The van der Waals surface area contributed by atoms with Crippen LogP contribution in [0.1, 0.15) is 21.5 Å². The van der Waals surface area contributed by atoms with Crippen molar-refractivity contribution in [3.8, 4) is 0 Å². The number of anilines is 1. The standard InChI is InChI=1S/C26H28ClN3O5S2/c1-20-3-13-25(14-4-20)37(34,35)29-17-15-28(16-18-29)26(31)22-7-11-24(12-8-22)30(36(2,32)33)19-21-5-9-23(27)10-6-21/h3-14H,15-19H2,1-2H3. The van der Waals surface area contributed by atoms with Crippen molar-refractivity contribution >= 4 is 43.2 Å². The van der Waals surface area contributed by atoms with E-state index in [9.17, 15) is 21.6 Å². The number of halogens is 1. The van der Waals surface area contributed by atoms with Crippen LogP contribution in [0.25, 0.3) is 0 Å². The summed E-state index contributed by atoms with van der Waals surface area (Å²) in [5.41, 5.74) is 2.58. The lowest BCUT2D eigenvalue weighted by atomic mass is 10.1. The summed E-state index contributed by atoms with van der Waals surface area (Å²) in [6.07, 6.45) is 1.13. The van der Waals surface area contributed by atoms with E-state index in [0.29, 0.717) is 16.3 Å². The van der Waals surface area contributed by atoms with Gasteiger partial charge in [0.25, 0.3) is 5.91 Å². The van der Waals surface area contributed by atoms with Crippen LogP contribution < -0.4 is 4.31 Å². The molecule has 0 aromatic heterocycles. The summed E-state index contributed by atoms with van der Waals surface area (Å²) >= 11 is 5.93. The van der Waals surface area contributed by atoms with Gasteiger partial charge in [-0.25, -0.2) is 16.8 Å². The van der Waals surface area contributed by atoms with Gasteiger partial charge in [0.1, 0.15) is 0 Å². The Morgan fingerprint density at radius 1 is 0.838 bits per heavy atom. The van der Waals surface area contributed by atoms with Crippen molar-refractivity contribution in [3.05, 3.63) is 94.5 Å². The van der Waals surface area contributed by atoms with Crippen LogP contribution in [-0.2, 0) is 26.6 Å². The van der Waals surface area contributed by atoms with Crippen LogP contribution in [0, 0.1) is 6.92 Å². The summed E-state index contributed by atoms with van der Waals surface area (Å²) in [6, 6.07) is 20.0. The van der Waals surface area contributed by atoms with E-state index in [1.165, 1.54) is 8.61 Å². The second kappa shape index (κ2) is 10.8. The molecule has 8 nitrogen and oxygen atoms in total. The molecule has 1 fully saturated rings. The lowest BCUT2D eigenvalue weighted by molar-refractivity contribution is 0.0698. The molecule has 1 aliphatic rings. The molecule has 196 valence electrons. The Labute approximate surface area is 223 Å². The molecule has 1 amide bonds. The molecular formula is C26H28ClN3O5S2. The third kappa shape index (κ3) is 6.32. The smallest absolute Gasteiger partial charge is 0.253 e. The molecule has 1 heterocycles. The zero-order chi connectivity index (χ0) is 26.8. The second-order valence-electron chi connectivity index (χ2n) is 8.95. The Morgan fingerprint density at radius 3 is 1.95 bits per heavy atom. The van der Waals surface area contributed by atoms with Gasteiger partial charge in [0.15, 0.2) is 0 Å². The Hall–Kier alpha value is -2.92. The highest BCUT2D eigenvalue weighted by Gasteiger charge is 2.30. The molecule has 3 aromatic rings. The summed E-state index contributed by atoms with van der Waals surface area (Å²) in [7, 11) is -7.21. The fraction of sp³-hybridized carbons (Fsp3) is 0.269. The zero-order valence-corrected chi connectivity index (χ0v) is 22.9. The molecule has 37 heavy (non-hydrogen) atoms. The van der Waals surface area contributed by atoms with E-state index in [0.717, 1.165) is 17.4 Å². The van der Waals surface area contributed by atoms with Gasteiger partial charge in [-0.15, -0.1) is 0 Å². The largest absolute Gasteiger partial charge is 0.336 e. The van der Waals surface area contributed by atoms with Crippen LogP contribution >= 0.6 is 11.6 Å². The summed E-state index contributed by atoms with van der Waals surface area (Å²) in [5, 5.41) is 0.561. The lowest BCUT2D eigenvalue weighted by Crippen LogP contribution is -2.50. The van der Waals surface area contributed by atoms with Gasteiger partial charge >= 0.3 is 0 Å². The highest BCUT2D eigenvalue weighted by atomic mass is 35.5. The number of hydrogen-bond donors (Lipinski definition) is 0. The van der Waals surface area contributed by atoms with Crippen LogP contribution in [0.5, 0.6) is 0 Å². The quantitative estimate of drug-likeness (QED) is 0.438. The first-order valence-electron chi connectivity index (χ1n) is 11.6. The van der Waals surface area contributed by atoms with Gasteiger partial charge in [-0.2, -0.15) is 4.31 Å². The molecule has 0 aliphatic carbocycles. The Kier molecular flexibility index (Phi) is 7.94. The molecule has 0 unspecified atom stereocenters. The average molecular weight is 562 g/mol. The number of nitrogens with zero attached hydrogens (tertiary/aromatic N) is 3. The number of carbonyl (C=O) groups excluding carboxylic acids is 1. The molecule has 0 saturated carbocycles. The highest BCUT2D eigenvalue weighted by Crippen LogP contribution is 2.24. The van der Waals surface area contributed by atoms with E-state index < -0.39 is 20.0 Å². The van der Waals surface area contributed by atoms with Crippen molar-refractivity contribution in [2.75, 3.05) is 36.7 Å². The maximum atomic E-state index is 13.1. The van der Waals surface area contributed by atoms with Gasteiger partial charge in [-0.1, -0.05) is 41.4 Å². The number of amides is 1. The van der Waals surface area contributed by atoms with Gasteiger partial charge in [0, 0.05) is 36.8 Å². The molecule has 0 N–H and O–H groups in total. The van der Waals surface area contributed by atoms with Gasteiger partial charge < -0.3 is 4.90 Å². The van der Waals surface area contributed by atoms with Crippen molar-refractivity contribution in [2.45, 2.75) is 18.4 Å². The molecule has 1 aliphatic heterocycles. The van der Waals surface area contributed by atoms with E-state index in [1.54, 1.807) is 77.7 Å². The fourth-order valence-electron chi connectivity index (χ4n) is 4.10. The van der Waals surface area contributed by atoms with Gasteiger partial charge in [0.2, 0.25) is 20.0 Å². The van der Waals surface area contributed by atoms with E-state index >= 15 is 0 Å². The minimum atomic E-state index is -3.62. The zero-order valence-electron chi connectivity index (χ0n) is 20.5. The van der Waals surface area contributed by atoms with Gasteiger partial charge in [-0.3, -0.25) is 9.10 Å². The second-order valence-corrected chi connectivity index (χ2v) is 13.2. The van der Waals surface area contributed by atoms with Crippen LogP contribution in [0.15, 0.2) is 77.7 Å².